The second-order valence-electron chi connectivity index (χ2n) is 6.57. The quantitative estimate of drug-likeness (QED) is 0.669. The summed E-state index contributed by atoms with van der Waals surface area (Å²) >= 11 is 0. The topological polar surface area (TPSA) is 27.7 Å². The highest BCUT2D eigenvalue weighted by molar-refractivity contribution is 5.66. The molecule has 2 aromatic rings. The number of methoxy groups -OCH3 is 1. The molecule has 27 heavy (non-hydrogen) atoms. The van der Waals surface area contributed by atoms with E-state index in [2.05, 4.69) is 0 Å². The minimum Gasteiger partial charge on any atom is -0.494 e. The molecule has 0 N–H and O–H groups in total. The minimum atomic E-state index is -1.01. The van der Waals surface area contributed by atoms with E-state index in [1.54, 1.807) is 0 Å². The molecule has 1 aliphatic rings. The molecular weight excluding hydrogens is 357 g/mol. The summed E-state index contributed by atoms with van der Waals surface area (Å²) in [4.78, 5) is 0. The first-order valence-corrected chi connectivity index (χ1v) is 9.10. The van der Waals surface area contributed by atoms with Crippen LogP contribution in [0.5, 0.6) is 5.75 Å². The highest BCUT2D eigenvalue weighted by Gasteiger charge is 2.27. The number of halogens is 3. The van der Waals surface area contributed by atoms with Crippen LogP contribution >= 0.6 is 0 Å². The summed E-state index contributed by atoms with van der Waals surface area (Å²) in [6, 6.07) is 6.97. The Labute approximate surface area is 157 Å². The Morgan fingerprint density at radius 2 is 1.89 bits per heavy atom. The third-order valence-electron chi connectivity index (χ3n) is 4.71. The van der Waals surface area contributed by atoms with Crippen molar-refractivity contribution in [2.45, 2.75) is 38.4 Å². The van der Waals surface area contributed by atoms with E-state index >= 15 is 0 Å². The van der Waals surface area contributed by atoms with Crippen LogP contribution in [0.3, 0.4) is 0 Å². The predicted octanol–water partition coefficient (Wildman–Crippen LogP) is 5.43. The Bertz CT molecular complexity index is 786. The van der Waals surface area contributed by atoms with Crippen molar-refractivity contribution in [3.05, 3.63) is 53.3 Å². The Balaban J connectivity index is 1.79. The zero-order chi connectivity index (χ0) is 19.4. The molecule has 1 saturated heterocycles. The van der Waals surface area contributed by atoms with Crippen LogP contribution in [0.15, 0.2) is 30.3 Å². The maximum atomic E-state index is 14.7. The van der Waals surface area contributed by atoms with E-state index in [9.17, 15) is 13.2 Å². The summed E-state index contributed by atoms with van der Waals surface area (Å²) in [6.45, 7) is 3.05. The van der Waals surface area contributed by atoms with E-state index in [1.807, 2.05) is 6.92 Å². The average molecular weight is 380 g/mol. The molecule has 1 heterocycles. The largest absolute Gasteiger partial charge is 0.494 e. The summed E-state index contributed by atoms with van der Waals surface area (Å²) < 4.78 is 59.4. The Morgan fingerprint density at radius 3 is 2.52 bits per heavy atom. The van der Waals surface area contributed by atoms with Crippen LogP contribution in [0.25, 0.3) is 11.1 Å². The molecule has 6 heteroatoms. The summed E-state index contributed by atoms with van der Waals surface area (Å²) in [5.74, 6) is -2.55. The molecule has 0 spiro atoms. The van der Waals surface area contributed by atoms with Gasteiger partial charge in [0.05, 0.1) is 25.9 Å². The van der Waals surface area contributed by atoms with Crippen molar-refractivity contribution in [2.24, 2.45) is 0 Å². The van der Waals surface area contributed by atoms with Crippen LogP contribution in [0.4, 0.5) is 13.2 Å². The van der Waals surface area contributed by atoms with Gasteiger partial charge >= 0.3 is 0 Å². The first-order chi connectivity index (χ1) is 13.0. The van der Waals surface area contributed by atoms with Crippen LogP contribution in [0.2, 0.25) is 0 Å². The van der Waals surface area contributed by atoms with E-state index < -0.39 is 23.6 Å². The van der Waals surface area contributed by atoms with Crippen molar-refractivity contribution in [1.29, 1.82) is 0 Å². The number of ether oxygens (including phenoxy) is 3. The molecule has 0 bridgehead atoms. The number of benzene rings is 2. The lowest BCUT2D eigenvalue weighted by Crippen LogP contribution is -2.28. The third kappa shape index (κ3) is 4.28. The molecule has 3 rings (SSSR count). The molecule has 2 aromatic carbocycles. The summed E-state index contributed by atoms with van der Waals surface area (Å²) in [7, 11) is 1.34. The van der Waals surface area contributed by atoms with Gasteiger partial charge in [0.1, 0.15) is 0 Å². The molecule has 0 radical (unpaired) electrons. The fourth-order valence-electron chi connectivity index (χ4n) is 3.26. The monoisotopic (exact) mass is 380 g/mol. The van der Waals surface area contributed by atoms with Crippen molar-refractivity contribution in [2.75, 3.05) is 20.3 Å². The molecule has 3 nitrogen and oxygen atoms in total. The maximum absolute atomic E-state index is 14.7. The smallest absolute Gasteiger partial charge is 0.167 e. The fraction of sp³-hybridized carbons (Fsp3) is 0.429. The van der Waals surface area contributed by atoms with Crippen molar-refractivity contribution >= 4 is 0 Å². The summed E-state index contributed by atoms with van der Waals surface area (Å²) in [5.41, 5.74) is 0.422. The standard InChI is InChI=1S/C21H23F3O3/c1-3-10-26-14-5-9-18(27-12-14)16-7-6-15(20(23)21(16)24)13-4-8-19(25-2)17(22)11-13/h4,6-8,11,14,18H,3,5,9-10,12H2,1-2H3. The molecule has 2 atom stereocenters. The highest BCUT2D eigenvalue weighted by atomic mass is 19.2. The van der Waals surface area contributed by atoms with Gasteiger partial charge in [-0.3, -0.25) is 0 Å². The van der Waals surface area contributed by atoms with Gasteiger partial charge in [-0.2, -0.15) is 0 Å². The SMILES string of the molecule is CCCOC1CCC(c2ccc(-c3ccc(OC)c(F)c3)c(F)c2F)OC1. The van der Waals surface area contributed by atoms with E-state index in [0.29, 0.717) is 19.6 Å². The molecule has 1 fully saturated rings. The Morgan fingerprint density at radius 1 is 1.07 bits per heavy atom. The normalized spacial score (nSPS) is 19.9. The molecule has 0 saturated carbocycles. The van der Waals surface area contributed by atoms with Gasteiger partial charge in [0.2, 0.25) is 0 Å². The lowest BCUT2D eigenvalue weighted by molar-refractivity contribution is -0.0875. The van der Waals surface area contributed by atoms with Gasteiger partial charge in [-0.15, -0.1) is 0 Å². The van der Waals surface area contributed by atoms with E-state index in [-0.39, 0.29) is 28.5 Å². The van der Waals surface area contributed by atoms with Gasteiger partial charge in [0.15, 0.2) is 23.2 Å². The molecule has 146 valence electrons. The zero-order valence-electron chi connectivity index (χ0n) is 15.4. The number of hydrogen-bond donors (Lipinski definition) is 0. The van der Waals surface area contributed by atoms with Gasteiger partial charge < -0.3 is 14.2 Å². The molecule has 0 aromatic heterocycles. The van der Waals surface area contributed by atoms with Crippen LogP contribution in [0, 0.1) is 17.5 Å². The first-order valence-electron chi connectivity index (χ1n) is 9.10. The van der Waals surface area contributed by atoms with E-state index in [4.69, 9.17) is 14.2 Å². The van der Waals surface area contributed by atoms with Crippen LogP contribution in [-0.4, -0.2) is 26.4 Å². The van der Waals surface area contributed by atoms with Crippen molar-refractivity contribution in [1.82, 2.24) is 0 Å². The number of rotatable bonds is 6. The summed E-state index contributed by atoms with van der Waals surface area (Å²) in [6.07, 6.45) is 1.70. The molecule has 0 aliphatic carbocycles. The van der Waals surface area contributed by atoms with Crippen molar-refractivity contribution in [3.63, 3.8) is 0 Å². The maximum Gasteiger partial charge on any atom is 0.167 e. The van der Waals surface area contributed by atoms with Gasteiger partial charge in [-0.05, 0) is 37.0 Å². The van der Waals surface area contributed by atoms with Crippen LogP contribution in [-0.2, 0) is 9.47 Å². The lowest BCUT2D eigenvalue weighted by Gasteiger charge is -2.29. The zero-order valence-corrected chi connectivity index (χ0v) is 15.4. The van der Waals surface area contributed by atoms with Gasteiger partial charge in [0, 0.05) is 17.7 Å². The second-order valence-corrected chi connectivity index (χ2v) is 6.57. The third-order valence-corrected chi connectivity index (χ3v) is 4.71. The number of hydrogen-bond acceptors (Lipinski definition) is 3. The Kier molecular flexibility index (Phi) is 6.39. The van der Waals surface area contributed by atoms with Crippen molar-refractivity contribution in [3.8, 4) is 16.9 Å². The predicted molar refractivity (Wildman–Crippen MR) is 96.3 cm³/mol. The summed E-state index contributed by atoms with van der Waals surface area (Å²) in [5, 5.41) is 0. The Hall–Kier alpha value is -2.05. The van der Waals surface area contributed by atoms with Crippen molar-refractivity contribution < 1.29 is 27.4 Å². The van der Waals surface area contributed by atoms with E-state index in [0.717, 1.165) is 18.9 Å². The van der Waals surface area contributed by atoms with Crippen LogP contribution in [0.1, 0.15) is 37.9 Å². The molecule has 1 aliphatic heterocycles. The average Bonchev–Trinajstić information content (AvgIpc) is 2.69. The molecular formula is C21H23F3O3. The van der Waals surface area contributed by atoms with Crippen LogP contribution < -0.4 is 4.74 Å². The second kappa shape index (κ2) is 8.76. The highest BCUT2D eigenvalue weighted by Crippen LogP contribution is 2.35. The minimum absolute atomic E-state index is 0.00207. The molecule has 0 amide bonds. The van der Waals surface area contributed by atoms with Gasteiger partial charge in [-0.1, -0.05) is 25.1 Å². The molecule has 2 unspecified atom stereocenters. The lowest BCUT2D eigenvalue weighted by atomic mass is 9.96. The first kappa shape index (κ1) is 19.7. The van der Waals surface area contributed by atoms with Gasteiger partial charge in [-0.25, -0.2) is 13.2 Å². The van der Waals surface area contributed by atoms with Gasteiger partial charge in [0.25, 0.3) is 0 Å². The van der Waals surface area contributed by atoms with E-state index in [1.165, 1.54) is 31.4 Å². The fourth-order valence-corrected chi connectivity index (χ4v) is 3.26.